The third-order valence-corrected chi connectivity index (χ3v) is 5.81. The molecular formula is C24H27F2N3O4S. The van der Waals surface area contributed by atoms with Gasteiger partial charge in [-0.1, -0.05) is 20.8 Å². The molecular weight excluding hydrogens is 464 g/mol. The molecule has 0 bridgehead atoms. The Morgan fingerprint density at radius 1 is 1.24 bits per heavy atom. The molecule has 1 saturated heterocycles. The van der Waals surface area contributed by atoms with Crippen LogP contribution in [0.15, 0.2) is 30.3 Å². The van der Waals surface area contributed by atoms with E-state index in [2.05, 4.69) is 10.0 Å². The number of nitrogens with zero attached hydrogens (tertiary/aromatic N) is 1. The van der Waals surface area contributed by atoms with Gasteiger partial charge in [-0.2, -0.15) is 0 Å². The summed E-state index contributed by atoms with van der Waals surface area (Å²) in [4.78, 5) is 25.1. The number of imide groups is 1. The Balaban J connectivity index is 2.15. The van der Waals surface area contributed by atoms with Gasteiger partial charge in [0.2, 0.25) is 5.91 Å². The minimum absolute atomic E-state index is 0.00357. The minimum Gasteiger partial charge on any atom is -0.496 e. The predicted molar refractivity (Wildman–Crippen MR) is 130 cm³/mol. The summed E-state index contributed by atoms with van der Waals surface area (Å²) < 4.78 is 50.6. The number of methoxy groups -OCH3 is 1. The van der Waals surface area contributed by atoms with Gasteiger partial charge in [-0.3, -0.25) is 15.0 Å². The highest BCUT2D eigenvalue weighted by Crippen LogP contribution is 2.42. The molecule has 7 nitrogen and oxygen atoms in total. The van der Waals surface area contributed by atoms with E-state index in [0.717, 1.165) is 11.0 Å². The highest BCUT2D eigenvalue weighted by atomic mass is 32.2. The Morgan fingerprint density at radius 3 is 2.41 bits per heavy atom. The van der Waals surface area contributed by atoms with Crippen molar-refractivity contribution in [3.63, 3.8) is 0 Å². The van der Waals surface area contributed by atoms with E-state index in [1.165, 1.54) is 31.6 Å². The second kappa shape index (κ2) is 9.92. The normalized spacial score (nSPS) is 15.7. The van der Waals surface area contributed by atoms with Gasteiger partial charge in [0.1, 0.15) is 22.6 Å². The summed E-state index contributed by atoms with van der Waals surface area (Å²) in [5, 5.41) is 2.18. The molecule has 0 spiro atoms. The van der Waals surface area contributed by atoms with Crippen LogP contribution in [-0.4, -0.2) is 36.1 Å². The highest BCUT2D eigenvalue weighted by molar-refractivity contribution is 7.85. The molecule has 1 heterocycles. The number of urea groups is 1. The molecule has 34 heavy (non-hydrogen) atoms. The maximum atomic E-state index is 15.8. The maximum Gasteiger partial charge on any atom is 0.328 e. The molecule has 3 amide bonds. The van der Waals surface area contributed by atoms with Crippen LogP contribution in [0.4, 0.5) is 25.0 Å². The number of amides is 3. The summed E-state index contributed by atoms with van der Waals surface area (Å²) in [5.41, 5.74) is 0.545. The van der Waals surface area contributed by atoms with Gasteiger partial charge < -0.3 is 9.46 Å². The van der Waals surface area contributed by atoms with Gasteiger partial charge in [0.15, 0.2) is 5.82 Å². The second-order valence-electron chi connectivity index (χ2n) is 8.83. The molecule has 3 rings (SSSR count). The summed E-state index contributed by atoms with van der Waals surface area (Å²) in [7, 11) is 0.0942. The molecule has 0 aromatic heterocycles. The van der Waals surface area contributed by atoms with Crippen molar-refractivity contribution in [1.29, 1.82) is 0 Å². The lowest BCUT2D eigenvalue weighted by molar-refractivity contribution is -0.120. The van der Waals surface area contributed by atoms with Crippen molar-refractivity contribution < 1.29 is 27.3 Å². The van der Waals surface area contributed by atoms with Crippen molar-refractivity contribution in [3.05, 3.63) is 52.8 Å². The van der Waals surface area contributed by atoms with E-state index in [1.54, 1.807) is 12.1 Å². The van der Waals surface area contributed by atoms with Crippen LogP contribution in [0, 0.1) is 5.82 Å². The number of nitrogens with one attached hydrogen (secondary N) is 2. The monoisotopic (exact) mass is 491 g/mol. The van der Waals surface area contributed by atoms with Crippen molar-refractivity contribution in [2.75, 3.05) is 29.5 Å². The lowest BCUT2D eigenvalue weighted by Gasteiger charge is -2.31. The first kappa shape index (κ1) is 25.4. The fourth-order valence-corrected chi connectivity index (χ4v) is 4.09. The van der Waals surface area contributed by atoms with Gasteiger partial charge in [0.25, 0.3) is 0 Å². The Hall–Kier alpha value is -3.27. The molecule has 2 aromatic carbocycles. The van der Waals surface area contributed by atoms with E-state index in [4.69, 9.17) is 4.74 Å². The van der Waals surface area contributed by atoms with Gasteiger partial charge in [-0.25, -0.2) is 17.8 Å². The average molecular weight is 492 g/mol. The SMILES string of the molecule is COc1c(C(C)(C)C)cc(N2CCC(=O)NC2=O)c(F)c1/C=C(\F)c1ccc(NS(C)=O)cc1. The molecule has 1 aliphatic heterocycles. The molecule has 2 aromatic rings. The summed E-state index contributed by atoms with van der Waals surface area (Å²) in [6.45, 7) is 5.66. The smallest absolute Gasteiger partial charge is 0.328 e. The fourth-order valence-electron chi connectivity index (χ4n) is 3.62. The molecule has 1 atom stereocenters. The van der Waals surface area contributed by atoms with Gasteiger partial charge in [0, 0.05) is 36.0 Å². The zero-order chi connectivity index (χ0) is 25.2. The lowest BCUT2D eigenvalue weighted by atomic mass is 9.84. The van der Waals surface area contributed by atoms with E-state index in [-0.39, 0.29) is 35.5 Å². The summed E-state index contributed by atoms with van der Waals surface area (Å²) in [6, 6.07) is 6.83. The highest BCUT2D eigenvalue weighted by Gasteiger charge is 2.32. The molecule has 0 aliphatic carbocycles. The molecule has 182 valence electrons. The number of hydrogen-bond acceptors (Lipinski definition) is 4. The van der Waals surface area contributed by atoms with E-state index >= 15 is 8.78 Å². The predicted octanol–water partition coefficient (Wildman–Crippen LogP) is 4.75. The number of ether oxygens (including phenoxy) is 1. The number of carbonyl (C=O) groups is 2. The maximum absolute atomic E-state index is 15.8. The van der Waals surface area contributed by atoms with Crippen LogP contribution >= 0.6 is 0 Å². The van der Waals surface area contributed by atoms with Crippen LogP contribution in [0.2, 0.25) is 0 Å². The summed E-state index contributed by atoms with van der Waals surface area (Å²) in [6.07, 6.45) is 2.52. The van der Waals surface area contributed by atoms with Crippen LogP contribution < -0.4 is 19.7 Å². The van der Waals surface area contributed by atoms with Crippen LogP contribution in [0.1, 0.15) is 43.9 Å². The molecule has 10 heteroatoms. The summed E-state index contributed by atoms with van der Waals surface area (Å²) in [5.74, 6) is -1.86. The van der Waals surface area contributed by atoms with E-state index in [1.807, 2.05) is 20.8 Å². The largest absolute Gasteiger partial charge is 0.496 e. The zero-order valence-corrected chi connectivity index (χ0v) is 20.4. The van der Waals surface area contributed by atoms with Crippen LogP contribution in [0.5, 0.6) is 5.75 Å². The molecule has 1 unspecified atom stereocenters. The minimum atomic E-state index is -1.28. The number of anilines is 2. The Bertz CT molecular complexity index is 1170. The average Bonchev–Trinajstić information content (AvgIpc) is 2.74. The first-order valence-corrected chi connectivity index (χ1v) is 12.1. The van der Waals surface area contributed by atoms with E-state index in [9.17, 15) is 13.8 Å². The number of halogens is 2. The Morgan fingerprint density at radius 2 is 1.88 bits per heavy atom. The Labute approximate surface area is 199 Å². The first-order valence-electron chi connectivity index (χ1n) is 10.5. The van der Waals surface area contributed by atoms with Crippen LogP contribution in [0.25, 0.3) is 11.9 Å². The van der Waals surface area contributed by atoms with Crippen molar-refractivity contribution >= 4 is 46.2 Å². The zero-order valence-electron chi connectivity index (χ0n) is 19.6. The van der Waals surface area contributed by atoms with E-state index in [0.29, 0.717) is 11.3 Å². The second-order valence-corrected chi connectivity index (χ2v) is 9.95. The standard InChI is InChI=1S/C24H27F2N3O4S/c1-24(2,3)17-13-19(29-11-10-20(30)27-23(29)31)21(26)16(22(17)33-4)12-18(25)14-6-8-15(9-7-14)28-34(5)32/h6-9,12-13,28H,10-11H2,1-5H3,(H,27,30,31)/b18-12-. The molecule has 1 aliphatic rings. The van der Waals surface area contributed by atoms with Crippen molar-refractivity contribution in [2.45, 2.75) is 32.6 Å². The number of rotatable bonds is 6. The lowest BCUT2D eigenvalue weighted by Crippen LogP contribution is -2.50. The van der Waals surface area contributed by atoms with Crippen LogP contribution in [0.3, 0.4) is 0 Å². The molecule has 1 fully saturated rings. The third kappa shape index (κ3) is 5.44. The fraction of sp³-hybridized carbons (Fsp3) is 0.333. The molecule has 0 saturated carbocycles. The third-order valence-electron chi connectivity index (χ3n) is 5.28. The van der Waals surface area contributed by atoms with Gasteiger partial charge in [-0.15, -0.1) is 0 Å². The molecule has 2 N–H and O–H groups in total. The van der Waals surface area contributed by atoms with Gasteiger partial charge in [-0.05, 0) is 41.8 Å². The van der Waals surface area contributed by atoms with Crippen molar-refractivity contribution in [3.8, 4) is 5.75 Å². The Kier molecular flexibility index (Phi) is 7.40. The summed E-state index contributed by atoms with van der Waals surface area (Å²) >= 11 is 0. The first-order chi connectivity index (χ1) is 15.9. The van der Waals surface area contributed by atoms with E-state index < -0.39 is 40.0 Å². The van der Waals surface area contributed by atoms with Crippen molar-refractivity contribution in [2.24, 2.45) is 0 Å². The van der Waals surface area contributed by atoms with Gasteiger partial charge >= 0.3 is 6.03 Å². The topological polar surface area (TPSA) is 87.7 Å². The molecule has 0 radical (unpaired) electrons. The number of hydrogen-bond donors (Lipinski definition) is 2. The van der Waals surface area contributed by atoms with Crippen molar-refractivity contribution in [1.82, 2.24) is 5.32 Å². The quantitative estimate of drug-likeness (QED) is 0.571. The number of carbonyl (C=O) groups excluding carboxylic acids is 2. The van der Waals surface area contributed by atoms with Gasteiger partial charge in [0.05, 0.1) is 18.4 Å². The number of benzene rings is 2. The van der Waals surface area contributed by atoms with Crippen LogP contribution in [-0.2, 0) is 21.2 Å².